The van der Waals surface area contributed by atoms with Gasteiger partial charge in [-0.3, -0.25) is 4.98 Å². The van der Waals surface area contributed by atoms with Gasteiger partial charge in [0.15, 0.2) is 0 Å². The second-order valence-corrected chi connectivity index (χ2v) is 3.97. The molecule has 2 aromatic heterocycles. The van der Waals surface area contributed by atoms with Crippen molar-refractivity contribution in [3.63, 3.8) is 0 Å². The summed E-state index contributed by atoms with van der Waals surface area (Å²) < 4.78 is 0. The van der Waals surface area contributed by atoms with Crippen LogP contribution in [0.25, 0.3) is 22.0 Å². The zero-order valence-electron chi connectivity index (χ0n) is 8.84. The predicted molar refractivity (Wildman–Crippen MR) is 67.8 cm³/mol. The molecule has 0 spiro atoms. The standard InChI is InChI=1S/C13H8ClN3/c14-13-11(7-15-8-17-13)10-5-1-3-9-4-2-6-16-12(9)10/h1-8H. The van der Waals surface area contributed by atoms with E-state index in [9.17, 15) is 0 Å². The lowest BCUT2D eigenvalue weighted by atomic mass is 10.0. The van der Waals surface area contributed by atoms with Crippen molar-refractivity contribution in [1.29, 1.82) is 0 Å². The van der Waals surface area contributed by atoms with Crippen molar-refractivity contribution < 1.29 is 0 Å². The lowest BCUT2D eigenvalue weighted by Gasteiger charge is -2.06. The Bertz CT molecular complexity index is 677. The predicted octanol–water partition coefficient (Wildman–Crippen LogP) is 3.35. The second-order valence-electron chi connectivity index (χ2n) is 3.61. The van der Waals surface area contributed by atoms with Gasteiger partial charge in [-0.15, -0.1) is 0 Å². The zero-order chi connectivity index (χ0) is 11.7. The van der Waals surface area contributed by atoms with Crippen molar-refractivity contribution >= 4 is 22.5 Å². The van der Waals surface area contributed by atoms with E-state index < -0.39 is 0 Å². The first-order valence-electron chi connectivity index (χ1n) is 5.16. The molecule has 0 fully saturated rings. The summed E-state index contributed by atoms with van der Waals surface area (Å²) in [6.07, 6.45) is 4.91. The SMILES string of the molecule is Clc1ncncc1-c1cccc2cccnc12. The highest BCUT2D eigenvalue weighted by Gasteiger charge is 2.08. The first kappa shape index (κ1) is 10.2. The van der Waals surface area contributed by atoms with Crippen molar-refractivity contribution in [3.8, 4) is 11.1 Å². The Balaban J connectivity index is 2.35. The lowest BCUT2D eigenvalue weighted by Crippen LogP contribution is -1.88. The van der Waals surface area contributed by atoms with Crippen LogP contribution >= 0.6 is 11.6 Å². The fraction of sp³-hybridized carbons (Fsp3) is 0. The van der Waals surface area contributed by atoms with Crippen LogP contribution < -0.4 is 0 Å². The monoisotopic (exact) mass is 241 g/mol. The Morgan fingerprint density at radius 2 is 1.82 bits per heavy atom. The quantitative estimate of drug-likeness (QED) is 0.614. The number of hydrogen-bond donors (Lipinski definition) is 0. The minimum atomic E-state index is 0.443. The van der Waals surface area contributed by atoms with Gasteiger partial charge in [-0.25, -0.2) is 9.97 Å². The van der Waals surface area contributed by atoms with Gasteiger partial charge in [-0.1, -0.05) is 35.9 Å². The smallest absolute Gasteiger partial charge is 0.140 e. The van der Waals surface area contributed by atoms with Crippen LogP contribution in [0.15, 0.2) is 49.1 Å². The topological polar surface area (TPSA) is 38.7 Å². The van der Waals surface area contributed by atoms with Crippen LogP contribution in [-0.2, 0) is 0 Å². The average Bonchev–Trinajstić information content (AvgIpc) is 2.39. The van der Waals surface area contributed by atoms with Crippen molar-refractivity contribution in [2.45, 2.75) is 0 Å². The molecule has 0 radical (unpaired) electrons. The second kappa shape index (κ2) is 4.11. The van der Waals surface area contributed by atoms with E-state index in [4.69, 9.17) is 11.6 Å². The van der Waals surface area contributed by atoms with Crippen molar-refractivity contribution in [2.24, 2.45) is 0 Å². The van der Waals surface area contributed by atoms with Crippen LogP contribution in [-0.4, -0.2) is 15.0 Å². The molecule has 3 aromatic rings. The molecule has 0 aliphatic carbocycles. The highest BCUT2D eigenvalue weighted by Crippen LogP contribution is 2.30. The lowest BCUT2D eigenvalue weighted by molar-refractivity contribution is 1.17. The molecule has 0 N–H and O–H groups in total. The van der Waals surface area contributed by atoms with E-state index in [1.807, 2.05) is 30.3 Å². The summed E-state index contributed by atoms with van der Waals surface area (Å²) in [6, 6.07) is 9.89. The molecule has 0 aliphatic rings. The van der Waals surface area contributed by atoms with Gasteiger partial charge in [0.2, 0.25) is 0 Å². The third-order valence-electron chi connectivity index (χ3n) is 2.59. The van der Waals surface area contributed by atoms with Crippen LogP contribution in [0.5, 0.6) is 0 Å². The highest BCUT2D eigenvalue weighted by molar-refractivity contribution is 6.32. The van der Waals surface area contributed by atoms with Crippen molar-refractivity contribution in [3.05, 3.63) is 54.2 Å². The molecule has 3 nitrogen and oxygen atoms in total. The van der Waals surface area contributed by atoms with Gasteiger partial charge in [0.05, 0.1) is 5.52 Å². The van der Waals surface area contributed by atoms with E-state index in [0.717, 1.165) is 22.0 Å². The van der Waals surface area contributed by atoms with Gasteiger partial charge < -0.3 is 0 Å². The number of nitrogens with zero attached hydrogens (tertiary/aromatic N) is 3. The third-order valence-corrected chi connectivity index (χ3v) is 2.89. The van der Waals surface area contributed by atoms with Gasteiger partial charge in [-0.2, -0.15) is 0 Å². The molecule has 3 rings (SSSR count). The molecule has 82 valence electrons. The van der Waals surface area contributed by atoms with Crippen LogP contribution in [0.2, 0.25) is 5.15 Å². The third kappa shape index (κ3) is 1.74. The number of hydrogen-bond acceptors (Lipinski definition) is 3. The van der Waals surface area contributed by atoms with Crippen LogP contribution in [0.3, 0.4) is 0 Å². The van der Waals surface area contributed by atoms with Gasteiger partial charge >= 0.3 is 0 Å². The van der Waals surface area contributed by atoms with Crippen molar-refractivity contribution in [2.75, 3.05) is 0 Å². The molecule has 0 bridgehead atoms. The molecule has 0 aliphatic heterocycles. The molecule has 2 heterocycles. The Morgan fingerprint density at radius 3 is 2.71 bits per heavy atom. The number of halogens is 1. The van der Waals surface area contributed by atoms with Gasteiger partial charge in [0, 0.05) is 28.9 Å². The number of pyridine rings is 1. The van der Waals surface area contributed by atoms with Crippen LogP contribution in [0, 0.1) is 0 Å². The molecule has 0 saturated carbocycles. The Hall–Kier alpha value is -2.00. The number of benzene rings is 1. The normalized spacial score (nSPS) is 10.6. The summed E-state index contributed by atoms with van der Waals surface area (Å²) in [5.41, 5.74) is 2.67. The Morgan fingerprint density at radius 1 is 0.941 bits per heavy atom. The summed E-state index contributed by atoms with van der Waals surface area (Å²) in [5, 5.41) is 1.52. The molecule has 0 amide bonds. The maximum atomic E-state index is 6.08. The molecular weight excluding hydrogens is 234 g/mol. The van der Waals surface area contributed by atoms with Crippen molar-refractivity contribution in [1.82, 2.24) is 15.0 Å². The van der Waals surface area contributed by atoms with Crippen LogP contribution in [0.1, 0.15) is 0 Å². The fourth-order valence-corrected chi connectivity index (χ4v) is 2.01. The number of aromatic nitrogens is 3. The molecule has 17 heavy (non-hydrogen) atoms. The maximum Gasteiger partial charge on any atom is 0.140 e. The summed E-state index contributed by atoms with van der Waals surface area (Å²) in [6.45, 7) is 0. The molecule has 4 heteroatoms. The van der Waals surface area contributed by atoms with Gasteiger partial charge in [0.25, 0.3) is 0 Å². The summed E-state index contributed by atoms with van der Waals surface area (Å²) in [4.78, 5) is 12.4. The number of para-hydroxylation sites is 1. The highest BCUT2D eigenvalue weighted by atomic mass is 35.5. The first-order chi connectivity index (χ1) is 8.36. The average molecular weight is 242 g/mol. The summed E-state index contributed by atoms with van der Waals surface area (Å²) in [5.74, 6) is 0. The minimum Gasteiger partial charge on any atom is -0.256 e. The minimum absolute atomic E-state index is 0.443. The molecule has 0 atom stereocenters. The van der Waals surface area contributed by atoms with E-state index in [-0.39, 0.29) is 0 Å². The van der Waals surface area contributed by atoms with E-state index in [2.05, 4.69) is 15.0 Å². The molecule has 0 unspecified atom stereocenters. The number of rotatable bonds is 1. The largest absolute Gasteiger partial charge is 0.256 e. The molecule has 0 saturated heterocycles. The van der Waals surface area contributed by atoms with E-state index in [0.29, 0.717) is 5.15 Å². The molecule has 1 aromatic carbocycles. The van der Waals surface area contributed by atoms with Gasteiger partial charge in [0.1, 0.15) is 11.5 Å². The fourth-order valence-electron chi connectivity index (χ4n) is 1.82. The zero-order valence-corrected chi connectivity index (χ0v) is 9.59. The molecular formula is C13H8ClN3. The van der Waals surface area contributed by atoms with E-state index >= 15 is 0 Å². The maximum absolute atomic E-state index is 6.08. The van der Waals surface area contributed by atoms with Crippen LogP contribution in [0.4, 0.5) is 0 Å². The Labute approximate surface area is 103 Å². The van der Waals surface area contributed by atoms with E-state index in [1.54, 1.807) is 12.4 Å². The van der Waals surface area contributed by atoms with Gasteiger partial charge in [-0.05, 0) is 6.07 Å². The summed E-state index contributed by atoms with van der Waals surface area (Å²) >= 11 is 6.08. The van der Waals surface area contributed by atoms with E-state index in [1.165, 1.54) is 6.33 Å². The Kier molecular flexibility index (Phi) is 2.46. The number of fused-ring (bicyclic) bond motifs is 1. The summed E-state index contributed by atoms with van der Waals surface area (Å²) in [7, 11) is 0. The first-order valence-corrected chi connectivity index (χ1v) is 5.53.